The Labute approximate surface area is 103 Å². The molecule has 0 aromatic heterocycles. The summed E-state index contributed by atoms with van der Waals surface area (Å²) in [5, 5.41) is 5.91. The van der Waals surface area contributed by atoms with Gasteiger partial charge in [-0.15, -0.1) is 0 Å². The summed E-state index contributed by atoms with van der Waals surface area (Å²) in [4.78, 5) is 11.8. The number of piperidine rings is 1. The second kappa shape index (κ2) is 6.32. The first-order chi connectivity index (χ1) is 7.96. The molecule has 6 nitrogen and oxygen atoms in total. The maximum absolute atomic E-state index is 11.8. The van der Waals surface area contributed by atoms with E-state index in [0.29, 0.717) is 0 Å². The number of hydrogen-bond acceptors (Lipinski definition) is 4. The molecular formula is C10H21N3O3S. The van der Waals surface area contributed by atoms with Crippen LogP contribution < -0.4 is 15.4 Å². The van der Waals surface area contributed by atoms with Crippen molar-refractivity contribution in [1.82, 2.24) is 15.4 Å². The van der Waals surface area contributed by atoms with E-state index in [4.69, 9.17) is 0 Å². The minimum absolute atomic E-state index is 0.0546. The molecule has 2 atom stereocenters. The van der Waals surface area contributed by atoms with Crippen LogP contribution in [-0.4, -0.2) is 46.3 Å². The van der Waals surface area contributed by atoms with E-state index in [1.807, 2.05) is 6.92 Å². The zero-order chi connectivity index (χ0) is 12.9. The first-order valence-electron chi connectivity index (χ1n) is 5.88. The number of sulfonamides is 1. The van der Waals surface area contributed by atoms with Crippen LogP contribution in [0.3, 0.4) is 0 Å². The van der Waals surface area contributed by atoms with E-state index in [2.05, 4.69) is 15.4 Å². The maximum atomic E-state index is 11.8. The molecule has 1 amide bonds. The van der Waals surface area contributed by atoms with Crippen LogP contribution in [0.25, 0.3) is 0 Å². The van der Waals surface area contributed by atoms with Gasteiger partial charge in [-0.2, -0.15) is 0 Å². The topological polar surface area (TPSA) is 87.3 Å². The Hall–Kier alpha value is -0.660. The van der Waals surface area contributed by atoms with Crippen molar-refractivity contribution in [1.29, 1.82) is 0 Å². The number of carbonyl (C=O) groups is 1. The molecule has 0 radical (unpaired) electrons. The van der Waals surface area contributed by atoms with Gasteiger partial charge in [0, 0.05) is 12.6 Å². The molecule has 1 aliphatic rings. The van der Waals surface area contributed by atoms with Gasteiger partial charge in [0.1, 0.15) is 0 Å². The van der Waals surface area contributed by atoms with E-state index in [0.717, 1.165) is 19.4 Å². The molecule has 1 saturated heterocycles. The van der Waals surface area contributed by atoms with Crippen LogP contribution in [0.4, 0.5) is 0 Å². The molecule has 100 valence electrons. The second-order valence-corrected chi connectivity index (χ2v) is 6.35. The van der Waals surface area contributed by atoms with Gasteiger partial charge in [0.15, 0.2) is 0 Å². The Morgan fingerprint density at radius 2 is 2.18 bits per heavy atom. The third-order valence-corrected chi connectivity index (χ3v) is 4.44. The Morgan fingerprint density at radius 3 is 2.76 bits per heavy atom. The van der Waals surface area contributed by atoms with Crippen LogP contribution in [0, 0.1) is 5.92 Å². The number of nitrogens with one attached hydrogen (secondary N) is 3. The Kier molecular flexibility index (Phi) is 5.35. The van der Waals surface area contributed by atoms with Crippen molar-refractivity contribution in [3.63, 3.8) is 0 Å². The summed E-state index contributed by atoms with van der Waals surface area (Å²) in [5.74, 6) is -0.193. The van der Waals surface area contributed by atoms with Crippen molar-refractivity contribution >= 4 is 15.9 Å². The lowest BCUT2D eigenvalue weighted by Gasteiger charge is -2.28. The fourth-order valence-electron chi connectivity index (χ4n) is 1.94. The Balaban J connectivity index is 2.34. The van der Waals surface area contributed by atoms with Crippen molar-refractivity contribution < 1.29 is 13.2 Å². The predicted molar refractivity (Wildman–Crippen MR) is 66.0 cm³/mol. The molecule has 3 N–H and O–H groups in total. The van der Waals surface area contributed by atoms with Crippen LogP contribution >= 0.6 is 0 Å². The van der Waals surface area contributed by atoms with Gasteiger partial charge in [0.25, 0.3) is 0 Å². The van der Waals surface area contributed by atoms with Crippen LogP contribution in [-0.2, 0) is 14.8 Å². The van der Waals surface area contributed by atoms with Gasteiger partial charge in [-0.1, -0.05) is 0 Å². The van der Waals surface area contributed by atoms with Crippen molar-refractivity contribution in [3.05, 3.63) is 0 Å². The lowest BCUT2D eigenvalue weighted by molar-refractivity contribution is -0.126. The molecule has 0 aliphatic carbocycles. The van der Waals surface area contributed by atoms with E-state index < -0.39 is 10.0 Å². The normalized spacial score (nSPS) is 25.5. The SMILES string of the molecule is CNS(=O)(=O)CCNC(=O)C1CCCNC1C. The molecule has 1 rings (SSSR count). The van der Waals surface area contributed by atoms with Crippen LogP contribution in [0.2, 0.25) is 0 Å². The first-order valence-corrected chi connectivity index (χ1v) is 7.54. The molecule has 0 saturated carbocycles. The summed E-state index contributed by atoms with van der Waals surface area (Å²) in [6, 6.07) is 0.157. The van der Waals surface area contributed by atoms with E-state index in [-0.39, 0.29) is 30.2 Å². The van der Waals surface area contributed by atoms with Crippen LogP contribution in [0.1, 0.15) is 19.8 Å². The summed E-state index contributed by atoms with van der Waals surface area (Å²) in [5.41, 5.74) is 0. The average Bonchev–Trinajstić information content (AvgIpc) is 2.29. The van der Waals surface area contributed by atoms with Gasteiger partial charge in [0.05, 0.1) is 11.7 Å². The highest BCUT2D eigenvalue weighted by Gasteiger charge is 2.27. The van der Waals surface area contributed by atoms with E-state index in [1.165, 1.54) is 7.05 Å². The number of rotatable bonds is 5. The maximum Gasteiger partial charge on any atom is 0.224 e. The zero-order valence-corrected chi connectivity index (χ0v) is 11.1. The second-order valence-electron chi connectivity index (χ2n) is 4.31. The fraction of sp³-hybridized carbons (Fsp3) is 0.900. The first kappa shape index (κ1) is 14.4. The lowest BCUT2D eigenvalue weighted by atomic mass is 9.91. The van der Waals surface area contributed by atoms with E-state index in [9.17, 15) is 13.2 Å². The summed E-state index contributed by atoms with van der Waals surface area (Å²) >= 11 is 0. The van der Waals surface area contributed by atoms with Crippen LogP contribution in [0.15, 0.2) is 0 Å². The molecule has 2 unspecified atom stereocenters. The molecule has 1 heterocycles. The highest BCUT2D eigenvalue weighted by Crippen LogP contribution is 2.15. The highest BCUT2D eigenvalue weighted by molar-refractivity contribution is 7.89. The van der Waals surface area contributed by atoms with Crippen LogP contribution in [0.5, 0.6) is 0 Å². The van der Waals surface area contributed by atoms with Crippen molar-refractivity contribution in [3.8, 4) is 0 Å². The fourth-order valence-corrected chi connectivity index (χ4v) is 2.52. The summed E-state index contributed by atoms with van der Waals surface area (Å²) < 4.78 is 24.5. The number of carbonyl (C=O) groups excluding carboxylic acids is 1. The van der Waals surface area contributed by atoms with Gasteiger partial charge in [-0.3, -0.25) is 4.79 Å². The number of hydrogen-bond donors (Lipinski definition) is 3. The minimum Gasteiger partial charge on any atom is -0.355 e. The van der Waals surface area contributed by atoms with Gasteiger partial charge >= 0.3 is 0 Å². The average molecular weight is 263 g/mol. The minimum atomic E-state index is -3.24. The predicted octanol–water partition coefficient (Wildman–Crippen LogP) is -0.960. The lowest BCUT2D eigenvalue weighted by Crippen LogP contribution is -2.47. The quantitative estimate of drug-likeness (QED) is 0.596. The molecule has 1 fully saturated rings. The summed E-state index contributed by atoms with van der Waals surface area (Å²) in [7, 11) is -1.87. The van der Waals surface area contributed by atoms with Gasteiger partial charge in [-0.05, 0) is 33.4 Å². The Morgan fingerprint density at radius 1 is 1.47 bits per heavy atom. The summed E-state index contributed by atoms with van der Waals surface area (Å²) in [6.45, 7) is 3.08. The monoisotopic (exact) mass is 263 g/mol. The molecule has 7 heteroatoms. The van der Waals surface area contributed by atoms with Crippen molar-refractivity contribution in [2.45, 2.75) is 25.8 Å². The van der Waals surface area contributed by atoms with Gasteiger partial charge in [-0.25, -0.2) is 13.1 Å². The zero-order valence-electron chi connectivity index (χ0n) is 10.3. The summed E-state index contributed by atoms with van der Waals surface area (Å²) in [6.07, 6.45) is 1.84. The van der Waals surface area contributed by atoms with Crippen molar-refractivity contribution in [2.75, 3.05) is 25.9 Å². The molecule has 1 aliphatic heterocycles. The van der Waals surface area contributed by atoms with Gasteiger partial charge < -0.3 is 10.6 Å². The molecule has 0 bridgehead atoms. The third kappa shape index (κ3) is 4.61. The number of amides is 1. The molecule has 0 spiro atoms. The highest BCUT2D eigenvalue weighted by atomic mass is 32.2. The molecule has 17 heavy (non-hydrogen) atoms. The largest absolute Gasteiger partial charge is 0.355 e. The van der Waals surface area contributed by atoms with E-state index >= 15 is 0 Å². The Bertz CT molecular complexity index is 356. The molecule has 0 aromatic rings. The third-order valence-electron chi connectivity index (χ3n) is 3.08. The smallest absolute Gasteiger partial charge is 0.224 e. The van der Waals surface area contributed by atoms with E-state index in [1.54, 1.807) is 0 Å². The molecular weight excluding hydrogens is 242 g/mol. The standard InChI is InChI=1S/C10H21N3O3S/c1-8-9(4-3-5-12-8)10(14)13-6-7-17(15,16)11-2/h8-9,11-12H,3-7H2,1-2H3,(H,13,14). The van der Waals surface area contributed by atoms with Gasteiger partial charge in [0.2, 0.25) is 15.9 Å². The van der Waals surface area contributed by atoms with Crippen molar-refractivity contribution in [2.24, 2.45) is 5.92 Å². The molecule has 0 aromatic carbocycles.